The molecule has 1 saturated heterocycles. The van der Waals surface area contributed by atoms with Crippen LogP contribution in [0.4, 0.5) is 0 Å². The molecule has 2 aromatic carbocycles. The van der Waals surface area contributed by atoms with Crippen LogP contribution in [0.5, 0.6) is 11.5 Å². The van der Waals surface area contributed by atoms with Gasteiger partial charge in [-0.15, -0.1) is 0 Å². The minimum Gasteiger partial charge on any atom is -0.493 e. The van der Waals surface area contributed by atoms with E-state index in [0.29, 0.717) is 36.4 Å². The summed E-state index contributed by atoms with van der Waals surface area (Å²) in [5.74, 6) is 2.62. The Kier molecular flexibility index (Phi) is 8.48. The number of amides is 1. The van der Waals surface area contributed by atoms with Crippen molar-refractivity contribution in [2.75, 3.05) is 26.8 Å². The maximum absolute atomic E-state index is 12.8. The van der Waals surface area contributed by atoms with Gasteiger partial charge in [0.1, 0.15) is 6.61 Å². The molecule has 1 aliphatic heterocycles. The van der Waals surface area contributed by atoms with Crippen molar-refractivity contribution in [1.82, 2.24) is 20.4 Å². The molecule has 37 heavy (non-hydrogen) atoms. The quantitative estimate of drug-likeness (QED) is 0.444. The first kappa shape index (κ1) is 26.7. The molecule has 8 heteroatoms. The van der Waals surface area contributed by atoms with Crippen LogP contribution in [0.1, 0.15) is 52.0 Å². The molecule has 3 aromatic rings. The van der Waals surface area contributed by atoms with Crippen molar-refractivity contribution in [3.8, 4) is 22.9 Å². The van der Waals surface area contributed by atoms with E-state index < -0.39 is 0 Å². The zero-order valence-corrected chi connectivity index (χ0v) is 22.5. The van der Waals surface area contributed by atoms with Crippen molar-refractivity contribution < 1.29 is 18.8 Å². The van der Waals surface area contributed by atoms with Gasteiger partial charge in [0, 0.05) is 11.5 Å². The van der Waals surface area contributed by atoms with Crippen LogP contribution in [0.15, 0.2) is 53.1 Å². The van der Waals surface area contributed by atoms with Gasteiger partial charge in [-0.3, -0.25) is 9.69 Å². The number of carbonyl (C=O) groups is 1. The number of hydrogen-bond donors (Lipinski definition) is 1. The fourth-order valence-electron chi connectivity index (χ4n) is 4.46. The van der Waals surface area contributed by atoms with Crippen molar-refractivity contribution in [3.05, 3.63) is 60.0 Å². The van der Waals surface area contributed by atoms with E-state index in [4.69, 9.17) is 14.0 Å². The number of piperidine rings is 1. The molecule has 0 aliphatic carbocycles. The Balaban J connectivity index is 1.21. The number of likely N-dealkylation sites (tertiary alicyclic amines) is 1. The van der Waals surface area contributed by atoms with Crippen molar-refractivity contribution in [3.63, 3.8) is 0 Å². The number of nitrogens with zero attached hydrogens (tertiary/aromatic N) is 3. The van der Waals surface area contributed by atoms with Crippen LogP contribution in [0, 0.1) is 5.92 Å². The molecule has 1 N–H and O–H groups in total. The Bertz CT molecular complexity index is 1160. The molecule has 0 bridgehead atoms. The third-order valence-electron chi connectivity index (χ3n) is 6.74. The maximum Gasteiger partial charge on any atom is 0.241 e. The van der Waals surface area contributed by atoms with Crippen LogP contribution in [0.3, 0.4) is 0 Å². The van der Waals surface area contributed by atoms with Gasteiger partial charge in [0.2, 0.25) is 17.6 Å². The Morgan fingerprint density at radius 1 is 1.11 bits per heavy atom. The molecule has 8 nitrogen and oxygen atoms in total. The number of hydrogen-bond acceptors (Lipinski definition) is 7. The van der Waals surface area contributed by atoms with Gasteiger partial charge >= 0.3 is 0 Å². The molecule has 2 heterocycles. The average Bonchev–Trinajstić information content (AvgIpc) is 3.36. The van der Waals surface area contributed by atoms with Gasteiger partial charge in [0.15, 0.2) is 11.5 Å². The van der Waals surface area contributed by atoms with E-state index in [2.05, 4.69) is 53.3 Å². The monoisotopic (exact) mass is 506 g/mol. The fraction of sp³-hybridized carbons (Fsp3) is 0.483. The van der Waals surface area contributed by atoms with Crippen LogP contribution < -0.4 is 14.8 Å². The largest absolute Gasteiger partial charge is 0.493 e. The highest BCUT2D eigenvalue weighted by Crippen LogP contribution is 2.27. The van der Waals surface area contributed by atoms with Gasteiger partial charge in [-0.25, -0.2) is 0 Å². The lowest BCUT2D eigenvalue weighted by Gasteiger charge is -2.30. The second-order valence-corrected chi connectivity index (χ2v) is 10.8. The highest BCUT2D eigenvalue weighted by atomic mass is 16.5. The average molecular weight is 507 g/mol. The summed E-state index contributed by atoms with van der Waals surface area (Å²) in [6, 6.07) is 15.7. The SMILES string of the molecule is COc1ccccc1OCC(C)NC(=O)C1CCN(Cc2nc(-c3ccc(C(C)(C)C)cc3)no2)CC1. The zero-order valence-electron chi connectivity index (χ0n) is 22.5. The summed E-state index contributed by atoms with van der Waals surface area (Å²) in [5.41, 5.74) is 2.32. The van der Waals surface area contributed by atoms with Crippen LogP contribution in [0.25, 0.3) is 11.4 Å². The first-order valence-electron chi connectivity index (χ1n) is 12.9. The van der Waals surface area contributed by atoms with Crippen molar-refractivity contribution in [2.24, 2.45) is 5.92 Å². The fourth-order valence-corrected chi connectivity index (χ4v) is 4.46. The lowest BCUT2D eigenvalue weighted by molar-refractivity contribution is -0.127. The maximum atomic E-state index is 12.8. The van der Waals surface area contributed by atoms with Crippen LogP contribution in [-0.4, -0.2) is 53.8 Å². The van der Waals surface area contributed by atoms with E-state index in [-0.39, 0.29) is 23.3 Å². The summed E-state index contributed by atoms with van der Waals surface area (Å²) in [6.07, 6.45) is 1.59. The number of nitrogens with one attached hydrogen (secondary N) is 1. The van der Waals surface area contributed by atoms with Gasteiger partial charge in [0.25, 0.3) is 0 Å². The lowest BCUT2D eigenvalue weighted by Crippen LogP contribution is -2.44. The summed E-state index contributed by atoms with van der Waals surface area (Å²) in [5, 5.41) is 7.27. The van der Waals surface area contributed by atoms with Crippen LogP contribution in [0.2, 0.25) is 0 Å². The minimum absolute atomic E-state index is 0.00969. The molecule has 0 saturated carbocycles. The molecule has 4 rings (SSSR count). The normalized spacial score (nSPS) is 15.8. The van der Waals surface area contributed by atoms with E-state index in [9.17, 15) is 4.79 Å². The molecule has 1 aromatic heterocycles. The molecule has 1 unspecified atom stereocenters. The number of benzene rings is 2. The molecule has 1 fully saturated rings. The second-order valence-electron chi connectivity index (χ2n) is 10.8. The Hall–Kier alpha value is -3.39. The summed E-state index contributed by atoms with van der Waals surface area (Å²) in [4.78, 5) is 19.7. The number of ether oxygens (including phenoxy) is 2. The summed E-state index contributed by atoms with van der Waals surface area (Å²) in [7, 11) is 1.61. The van der Waals surface area contributed by atoms with E-state index in [1.807, 2.05) is 43.3 Å². The third-order valence-corrected chi connectivity index (χ3v) is 6.74. The van der Waals surface area contributed by atoms with E-state index in [0.717, 1.165) is 31.5 Å². The topological polar surface area (TPSA) is 89.7 Å². The molecule has 198 valence electrons. The van der Waals surface area contributed by atoms with Gasteiger partial charge < -0.3 is 19.3 Å². The molecule has 1 aliphatic rings. The van der Waals surface area contributed by atoms with E-state index >= 15 is 0 Å². The highest BCUT2D eigenvalue weighted by molar-refractivity contribution is 5.79. The predicted octanol–water partition coefficient (Wildman–Crippen LogP) is 4.84. The Morgan fingerprint density at radius 2 is 1.78 bits per heavy atom. The van der Waals surface area contributed by atoms with Crippen LogP contribution in [-0.2, 0) is 16.8 Å². The van der Waals surface area contributed by atoms with Gasteiger partial charge in [-0.05, 0) is 56.0 Å². The Morgan fingerprint density at radius 3 is 2.43 bits per heavy atom. The van der Waals surface area contributed by atoms with E-state index in [1.165, 1.54) is 5.56 Å². The highest BCUT2D eigenvalue weighted by Gasteiger charge is 2.27. The second kappa shape index (κ2) is 11.8. The molecular weight excluding hydrogens is 468 g/mol. The Labute approximate surface area is 219 Å². The molecule has 1 atom stereocenters. The van der Waals surface area contributed by atoms with Gasteiger partial charge in [-0.2, -0.15) is 4.98 Å². The number of rotatable bonds is 9. The molecule has 0 radical (unpaired) electrons. The van der Waals surface area contributed by atoms with Crippen LogP contribution >= 0.6 is 0 Å². The minimum atomic E-state index is -0.107. The zero-order chi connectivity index (χ0) is 26.4. The summed E-state index contributed by atoms with van der Waals surface area (Å²) in [6.45, 7) is 11.1. The lowest BCUT2D eigenvalue weighted by atomic mass is 9.87. The number of aromatic nitrogens is 2. The summed E-state index contributed by atoms with van der Waals surface area (Å²) < 4.78 is 16.7. The van der Waals surface area contributed by atoms with E-state index in [1.54, 1.807) is 7.11 Å². The molecule has 1 amide bonds. The summed E-state index contributed by atoms with van der Waals surface area (Å²) >= 11 is 0. The van der Waals surface area contributed by atoms with Crippen molar-refractivity contribution in [2.45, 2.75) is 58.5 Å². The van der Waals surface area contributed by atoms with Crippen molar-refractivity contribution in [1.29, 1.82) is 0 Å². The smallest absolute Gasteiger partial charge is 0.241 e. The predicted molar refractivity (Wildman–Crippen MR) is 143 cm³/mol. The third kappa shape index (κ3) is 7.10. The number of methoxy groups -OCH3 is 1. The van der Waals surface area contributed by atoms with Crippen molar-refractivity contribution >= 4 is 5.91 Å². The standard InChI is InChI=1S/C29H38N4O4/c1-20(19-36-25-9-7-6-8-24(25)35-5)30-28(34)22-14-16-33(17-15-22)18-26-31-27(32-37-26)21-10-12-23(13-11-21)29(2,3)4/h6-13,20,22H,14-19H2,1-5H3,(H,30,34). The first-order valence-corrected chi connectivity index (χ1v) is 12.9. The van der Waals surface area contributed by atoms with Gasteiger partial charge in [-0.1, -0.05) is 62.3 Å². The first-order chi connectivity index (χ1) is 17.7. The molecular formula is C29H38N4O4. The number of carbonyl (C=O) groups excluding carboxylic acids is 1. The van der Waals surface area contributed by atoms with Gasteiger partial charge in [0.05, 0.1) is 19.7 Å². The molecule has 0 spiro atoms. The number of para-hydroxylation sites is 2.